The molecule has 4 heterocycles. The van der Waals surface area contributed by atoms with Gasteiger partial charge in [-0.2, -0.15) is 17.2 Å². The molecule has 9 rings (SSSR count). The summed E-state index contributed by atoms with van der Waals surface area (Å²) in [5, 5.41) is 6.97. The van der Waals surface area contributed by atoms with E-state index in [4.69, 9.17) is 9.84 Å². The van der Waals surface area contributed by atoms with Crippen LogP contribution in [0.3, 0.4) is 0 Å². The summed E-state index contributed by atoms with van der Waals surface area (Å²) < 4.78 is 10.6. The quantitative estimate of drug-likeness (QED) is 0.170. The smallest absolute Gasteiger partial charge is 0.509 e. The molecule has 0 saturated carbocycles. The summed E-state index contributed by atoms with van der Waals surface area (Å²) >= 11 is 0. The summed E-state index contributed by atoms with van der Waals surface area (Å²) in [7, 11) is 0. The number of pyridine rings is 1. The molecule has 0 amide bonds. The summed E-state index contributed by atoms with van der Waals surface area (Å²) in [6, 6.07) is 48.5. The van der Waals surface area contributed by atoms with Gasteiger partial charge in [-0.25, -0.2) is 4.98 Å². The summed E-state index contributed by atoms with van der Waals surface area (Å²) in [6.45, 7) is 0. The Hall–Kier alpha value is -5.25. The van der Waals surface area contributed by atoms with Gasteiger partial charge in [0, 0.05) is 35.0 Å². The molecule has 0 unspecified atom stereocenters. The molecular weight excluding hydrogens is 724 g/mol. The number of rotatable bonds is 3. The Morgan fingerprint density at radius 1 is 0.545 bits per heavy atom. The third-order valence-corrected chi connectivity index (χ3v) is 8.12. The molecule has 0 N–H and O–H groups in total. The molecule has 0 radical (unpaired) electrons. The minimum atomic E-state index is 0. The van der Waals surface area contributed by atoms with Crippen molar-refractivity contribution in [2.45, 2.75) is 0 Å². The molecule has 6 heteroatoms. The fourth-order valence-electron chi connectivity index (χ4n) is 6.26. The first-order chi connectivity index (χ1) is 21.3. The van der Waals surface area contributed by atoms with Crippen molar-refractivity contribution in [1.82, 2.24) is 19.3 Å². The molecule has 0 spiro atoms. The second-order valence-electron chi connectivity index (χ2n) is 10.5. The predicted molar refractivity (Wildman–Crippen MR) is 170 cm³/mol. The number of hydrogen-bond donors (Lipinski definition) is 0. The van der Waals surface area contributed by atoms with Gasteiger partial charge in [-0.15, -0.1) is 35.2 Å². The van der Waals surface area contributed by atoms with Crippen LogP contribution in [0.5, 0.6) is 11.5 Å². The number of para-hydroxylation sites is 1. The van der Waals surface area contributed by atoms with Crippen LogP contribution in [0.1, 0.15) is 0 Å². The van der Waals surface area contributed by atoms with E-state index in [0.29, 0.717) is 11.5 Å². The zero-order chi connectivity index (χ0) is 28.3. The molecule has 0 bridgehead atoms. The Labute approximate surface area is 268 Å². The van der Waals surface area contributed by atoms with Crippen LogP contribution in [0.15, 0.2) is 134 Å². The summed E-state index contributed by atoms with van der Waals surface area (Å²) in [4.78, 5) is 4.64. The molecule has 210 valence electrons. The van der Waals surface area contributed by atoms with Crippen LogP contribution in [-0.4, -0.2) is 19.3 Å². The molecule has 0 atom stereocenters. The van der Waals surface area contributed by atoms with E-state index in [9.17, 15) is 0 Å². The first-order valence-corrected chi connectivity index (χ1v) is 14.2. The van der Waals surface area contributed by atoms with Crippen molar-refractivity contribution >= 4 is 21.8 Å². The zero-order valence-corrected chi connectivity index (χ0v) is 25.5. The van der Waals surface area contributed by atoms with E-state index in [2.05, 4.69) is 107 Å². The van der Waals surface area contributed by atoms with Crippen LogP contribution in [0.4, 0.5) is 0 Å². The van der Waals surface area contributed by atoms with Crippen molar-refractivity contribution in [1.29, 1.82) is 0 Å². The second kappa shape index (κ2) is 10.5. The third kappa shape index (κ3) is 4.05. The topological polar surface area (TPSA) is 44.9 Å². The Morgan fingerprint density at radius 3 is 2.05 bits per heavy atom. The Kier molecular flexibility index (Phi) is 6.28. The standard InChI is InChI=1S/C38H22N4O.Pt/c1-2-11-29-27(9-1)28-10-3-4-12-30(28)35-20-22-40-42(35)37-24-26(16-18-32(29)37)43-25-17-19-33-31-13-5-6-14-34(31)41(36(33)23-25)38-15-7-8-21-39-38;/h1-22H;/q-2;+2. The van der Waals surface area contributed by atoms with Crippen LogP contribution in [-0.2, 0) is 21.1 Å². The second-order valence-corrected chi connectivity index (χ2v) is 10.5. The molecule has 0 saturated heterocycles. The van der Waals surface area contributed by atoms with Gasteiger partial charge >= 0.3 is 21.1 Å². The van der Waals surface area contributed by atoms with Crippen molar-refractivity contribution < 1.29 is 25.8 Å². The zero-order valence-electron chi connectivity index (χ0n) is 23.2. The van der Waals surface area contributed by atoms with Crippen molar-refractivity contribution in [3.8, 4) is 56.5 Å². The fraction of sp³-hybridized carbons (Fsp3) is 0. The van der Waals surface area contributed by atoms with Gasteiger partial charge in [0.1, 0.15) is 5.82 Å². The van der Waals surface area contributed by atoms with Gasteiger partial charge in [-0.05, 0) is 46.5 Å². The SMILES string of the molecule is [Pt+2].[c-]1c(Oc2[c-]c3c(cc2)c2ccccc2n3-c2ccccn2)ccc2c1-n1nccc1-c1ccccc1-c1ccccc1-2. The maximum atomic E-state index is 6.47. The molecular formula is C38H22N4OPt. The van der Waals surface area contributed by atoms with E-state index in [1.807, 2.05) is 53.5 Å². The first-order valence-electron chi connectivity index (χ1n) is 14.2. The Bertz CT molecular complexity index is 2340. The van der Waals surface area contributed by atoms with Gasteiger partial charge in [-0.1, -0.05) is 83.9 Å². The minimum absolute atomic E-state index is 0. The maximum absolute atomic E-state index is 6.47. The van der Waals surface area contributed by atoms with E-state index in [1.165, 1.54) is 11.1 Å². The number of ether oxygens (including phenoxy) is 1. The van der Waals surface area contributed by atoms with Gasteiger partial charge in [0.2, 0.25) is 0 Å². The normalized spacial score (nSPS) is 11.5. The summed E-state index contributed by atoms with van der Waals surface area (Å²) in [5.41, 5.74) is 9.46. The van der Waals surface area contributed by atoms with Gasteiger partial charge in [0.15, 0.2) is 0 Å². The molecule has 0 aliphatic carbocycles. The fourth-order valence-corrected chi connectivity index (χ4v) is 6.26. The number of hydrogen-bond acceptors (Lipinski definition) is 3. The van der Waals surface area contributed by atoms with Crippen LogP contribution in [0, 0.1) is 12.1 Å². The largest absolute Gasteiger partial charge is 2.00 e. The van der Waals surface area contributed by atoms with Crippen molar-refractivity contribution in [3.63, 3.8) is 0 Å². The number of nitrogens with zero attached hydrogens (tertiary/aromatic N) is 4. The van der Waals surface area contributed by atoms with Crippen LogP contribution in [0.25, 0.3) is 66.8 Å². The minimum Gasteiger partial charge on any atom is -0.509 e. The van der Waals surface area contributed by atoms with Gasteiger partial charge < -0.3 is 9.30 Å². The third-order valence-electron chi connectivity index (χ3n) is 8.12. The van der Waals surface area contributed by atoms with Gasteiger partial charge in [0.05, 0.1) is 5.69 Å². The van der Waals surface area contributed by atoms with E-state index in [0.717, 1.165) is 55.7 Å². The van der Waals surface area contributed by atoms with Crippen molar-refractivity contribution in [2.24, 2.45) is 0 Å². The van der Waals surface area contributed by atoms with E-state index < -0.39 is 0 Å². The van der Waals surface area contributed by atoms with E-state index in [1.54, 1.807) is 0 Å². The summed E-state index contributed by atoms with van der Waals surface area (Å²) in [5.74, 6) is 2.02. The molecule has 1 aliphatic rings. The monoisotopic (exact) mass is 745 g/mol. The maximum Gasteiger partial charge on any atom is 2.00 e. The Balaban J connectivity index is 0.00000289. The van der Waals surface area contributed by atoms with Gasteiger partial charge in [0.25, 0.3) is 0 Å². The van der Waals surface area contributed by atoms with E-state index >= 15 is 0 Å². The van der Waals surface area contributed by atoms with Crippen LogP contribution >= 0.6 is 0 Å². The number of aromatic nitrogens is 4. The predicted octanol–water partition coefficient (Wildman–Crippen LogP) is 9.07. The molecule has 5 nitrogen and oxygen atoms in total. The molecule has 0 fully saturated rings. The number of benzene rings is 5. The average Bonchev–Trinajstić information content (AvgIpc) is 3.67. The molecule has 5 aromatic carbocycles. The average molecular weight is 746 g/mol. The molecule has 1 aliphatic heterocycles. The number of fused-ring (bicyclic) bond motifs is 11. The molecule has 8 aromatic rings. The molecule has 44 heavy (non-hydrogen) atoms. The summed E-state index contributed by atoms with van der Waals surface area (Å²) in [6.07, 6.45) is 3.65. The van der Waals surface area contributed by atoms with E-state index in [-0.39, 0.29) is 21.1 Å². The molecule has 3 aromatic heterocycles. The van der Waals surface area contributed by atoms with Crippen molar-refractivity contribution in [3.05, 3.63) is 146 Å². The van der Waals surface area contributed by atoms with Crippen LogP contribution < -0.4 is 4.74 Å². The first kappa shape index (κ1) is 26.4. The van der Waals surface area contributed by atoms with Crippen LogP contribution in [0.2, 0.25) is 0 Å². The van der Waals surface area contributed by atoms with Gasteiger partial charge in [-0.3, -0.25) is 4.68 Å². The van der Waals surface area contributed by atoms with Crippen molar-refractivity contribution in [2.75, 3.05) is 0 Å². The Morgan fingerprint density at radius 2 is 1.23 bits per heavy atom.